The zero-order valence-corrected chi connectivity index (χ0v) is 14.3. The molecule has 0 saturated carbocycles. The van der Waals surface area contributed by atoms with Crippen molar-refractivity contribution in [2.45, 2.75) is 9.79 Å². The van der Waals surface area contributed by atoms with Crippen molar-refractivity contribution in [3.8, 4) is 0 Å². The standard InChI is InChI=1S/C21H13ClOS/c22-21(23)18-11-4-10-17-16(18)9-5-13-20(17)24-19-12-3-7-14-6-1-2-8-15(14)19/h1-13H. The van der Waals surface area contributed by atoms with Crippen LogP contribution in [0.4, 0.5) is 0 Å². The summed E-state index contributed by atoms with van der Waals surface area (Å²) in [6.45, 7) is 0. The maximum atomic E-state index is 11.7. The van der Waals surface area contributed by atoms with Crippen LogP contribution in [-0.4, -0.2) is 5.24 Å². The third-order valence-electron chi connectivity index (χ3n) is 4.06. The average molecular weight is 349 g/mol. The maximum absolute atomic E-state index is 11.7. The van der Waals surface area contributed by atoms with Crippen LogP contribution < -0.4 is 0 Å². The molecule has 0 saturated heterocycles. The Morgan fingerprint density at radius 2 is 1.25 bits per heavy atom. The summed E-state index contributed by atoms with van der Waals surface area (Å²) in [5.41, 5.74) is 0.550. The predicted molar refractivity (Wildman–Crippen MR) is 102 cm³/mol. The maximum Gasteiger partial charge on any atom is 0.253 e. The van der Waals surface area contributed by atoms with Gasteiger partial charge in [0.15, 0.2) is 0 Å². The molecule has 0 fully saturated rings. The highest BCUT2D eigenvalue weighted by atomic mass is 35.5. The summed E-state index contributed by atoms with van der Waals surface area (Å²) < 4.78 is 0. The Hall–Kier alpha value is -2.29. The quantitative estimate of drug-likeness (QED) is 0.392. The van der Waals surface area contributed by atoms with Crippen LogP contribution in [0.5, 0.6) is 0 Å². The van der Waals surface area contributed by atoms with E-state index in [0.717, 1.165) is 15.7 Å². The number of carbonyl (C=O) groups is 1. The second-order valence-electron chi connectivity index (χ2n) is 5.51. The molecule has 1 nitrogen and oxygen atoms in total. The monoisotopic (exact) mass is 348 g/mol. The molecule has 0 unspecified atom stereocenters. The first-order chi connectivity index (χ1) is 11.7. The molecule has 4 rings (SSSR count). The molecule has 0 heterocycles. The smallest absolute Gasteiger partial charge is 0.253 e. The van der Waals surface area contributed by atoms with E-state index >= 15 is 0 Å². The summed E-state index contributed by atoms with van der Waals surface area (Å²) in [5, 5.41) is 3.96. The lowest BCUT2D eigenvalue weighted by atomic mass is 10.1. The van der Waals surface area contributed by atoms with Gasteiger partial charge in [-0.15, -0.1) is 0 Å². The van der Waals surface area contributed by atoms with E-state index in [-0.39, 0.29) is 0 Å². The van der Waals surface area contributed by atoms with Gasteiger partial charge in [-0.1, -0.05) is 72.4 Å². The average Bonchev–Trinajstić information content (AvgIpc) is 2.62. The van der Waals surface area contributed by atoms with Gasteiger partial charge >= 0.3 is 0 Å². The van der Waals surface area contributed by atoms with Gasteiger partial charge in [0.2, 0.25) is 0 Å². The number of rotatable bonds is 3. The van der Waals surface area contributed by atoms with E-state index in [4.69, 9.17) is 11.6 Å². The first-order valence-corrected chi connectivity index (χ1v) is 8.81. The summed E-state index contributed by atoms with van der Waals surface area (Å²) >= 11 is 7.44. The van der Waals surface area contributed by atoms with Crippen LogP contribution in [0, 0.1) is 0 Å². The molecule has 0 radical (unpaired) electrons. The zero-order valence-electron chi connectivity index (χ0n) is 12.7. The lowest BCUT2D eigenvalue weighted by Crippen LogP contribution is -1.91. The minimum atomic E-state index is -0.423. The molecular formula is C21H13ClOS. The highest BCUT2D eigenvalue weighted by Gasteiger charge is 2.11. The van der Waals surface area contributed by atoms with Gasteiger partial charge in [0.25, 0.3) is 5.24 Å². The van der Waals surface area contributed by atoms with Crippen LogP contribution in [0.1, 0.15) is 10.4 Å². The second-order valence-corrected chi connectivity index (χ2v) is 6.94. The normalized spacial score (nSPS) is 11.0. The lowest BCUT2D eigenvalue weighted by molar-refractivity contribution is 0.108. The number of fused-ring (bicyclic) bond motifs is 2. The summed E-state index contributed by atoms with van der Waals surface area (Å²) in [6, 6.07) is 26.4. The van der Waals surface area contributed by atoms with E-state index in [1.807, 2.05) is 30.3 Å². The lowest BCUT2D eigenvalue weighted by Gasteiger charge is -2.10. The Labute approximate surface area is 149 Å². The molecule has 3 heteroatoms. The molecule has 4 aromatic rings. The Kier molecular flexibility index (Phi) is 4.01. The third kappa shape index (κ3) is 2.68. The van der Waals surface area contributed by atoms with E-state index in [1.54, 1.807) is 17.8 Å². The van der Waals surface area contributed by atoms with E-state index in [2.05, 4.69) is 42.5 Å². The van der Waals surface area contributed by atoms with Crippen LogP contribution in [-0.2, 0) is 0 Å². The van der Waals surface area contributed by atoms with Gasteiger partial charge in [0.1, 0.15) is 0 Å². The molecule has 0 aliphatic carbocycles. The summed E-state index contributed by atoms with van der Waals surface area (Å²) in [5.74, 6) is 0. The molecular weight excluding hydrogens is 336 g/mol. The first kappa shape index (κ1) is 15.3. The summed E-state index contributed by atoms with van der Waals surface area (Å²) in [7, 11) is 0. The largest absolute Gasteiger partial charge is 0.276 e. The van der Waals surface area contributed by atoms with Crippen molar-refractivity contribution in [2.75, 3.05) is 0 Å². The SMILES string of the molecule is O=C(Cl)c1cccc2c(Sc3cccc4ccccc34)cccc12. The molecule has 0 amide bonds. The molecule has 0 aliphatic rings. The van der Waals surface area contributed by atoms with Crippen LogP contribution >= 0.6 is 23.4 Å². The fourth-order valence-corrected chi connectivity index (χ4v) is 4.22. The number of hydrogen-bond acceptors (Lipinski definition) is 2. The Bertz CT molecular complexity index is 1070. The highest BCUT2D eigenvalue weighted by Crippen LogP contribution is 2.38. The molecule has 0 bridgehead atoms. The van der Waals surface area contributed by atoms with Crippen molar-refractivity contribution in [1.29, 1.82) is 0 Å². The Morgan fingerprint density at radius 1 is 0.667 bits per heavy atom. The van der Waals surface area contributed by atoms with E-state index in [9.17, 15) is 4.79 Å². The number of carbonyl (C=O) groups excluding carboxylic acids is 1. The van der Waals surface area contributed by atoms with Crippen LogP contribution in [0.15, 0.2) is 88.7 Å². The molecule has 4 aromatic carbocycles. The van der Waals surface area contributed by atoms with Crippen molar-refractivity contribution >= 4 is 50.2 Å². The predicted octanol–water partition coefficient (Wildman–Crippen LogP) is 6.52. The molecule has 0 aromatic heterocycles. The Morgan fingerprint density at radius 3 is 2.08 bits per heavy atom. The van der Waals surface area contributed by atoms with Crippen LogP contribution in [0.3, 0.4) is 0 Å². The van der Waals surface area contributed by atoms with Crippen molar-refractivity contribution in [1.82, 2.24) is 0 Å². The molecule has 0 atom stereocenters. The Balaban J connectivity index is 1.88. The van der Waals surface area contributed by atoms with E-state index in [1.165, 1.54) is 15.7 Å². The number of halogens is 1. The van der Waals surface area contributed by atoms with Gasteiger partial charge in [-0.05, 0) is 51.3 Å². The van der Waals surface area contributed by atoms with Crippen molar-refractivity contribution in [3.63, 3.8) is 0 Å². The molecule has 0 N–H and O–H groups in total. The van der Waals surface area contributed by atoms with Gasteiger partial charge in [-0.3, -0.25) is 4.79 Å². The minimum Gasteiger partial charge on any atom is -0.276 e. The van der Waals surface area contributed by atoms with Gasteiger partial charge in [0, 0.05) is 15.4 Å². The third-order valence-corrected chi connectivity index (χ3v) is 5.42. The first-order valence-electron chi connectivity index (χ1n) is 7.61. The van der Waals surface area contributed by atoms with Gasteiger partial charge in [-0.25, -0.2) is 0 Å². The van der Waals surface area contributed by atoms with E-state index < -0.39 is 5.24 Å². The topological polar surface area (TPSA) is 17.1 Å². The number of hydrogen-bond donors (Lipinski definition) is 0. The van der Waals surface area contributed by atoms with Crippen molar-refractivity contribution < 1.29 is 4.79 Å². The molecule has 24 heavy (non-hydrogen) atoms. The highest BCUT2D eigenvalue weighted by molar-refractivity contribution is 7.99. The van der Waals surface area contributed by atoms with Gasteiger partial charge < -0.3 is 0 Å². The molecule has 116 valence electrons. The van der Waals surface area contributed by atoms with Gasteiger partial charge in [-0.2, -0.15) is 0 Å². The van der Waals surface area contributed by atoms with Crippen LogP contribution in [0.2, 0.25) is 0 Å². The second kappa shape index (κ2) is 6.31. The minimum absolute atomic E-state index is 0.423. The molecule has 0 spiro atoms. The van der Waals surface area contributed by atoms with Gasteiger partial charge in [0.05, 0.1) is 0 Å². The summed E-state index contributed by atoms with van der Waals surface area (Å²) in [6.07, 6.45) is 0. The summed E-state index contributed by atoms with van der Waals surface area (Å²) in [4.78, 5) is 14.0. The van der Waals surface area contributed by atoms with Crippen molar-refractivity contribution in [2.24, 2.45) is 0 Å². The number of benzene rings is 4. The van der Waals surface area contributed by atoms with Crippen molar-refractivity contribution in [3.05, 3.63) is 84.4 Å². The zero-order chi connectivity index (χ0) is 16.5. The fraction of sp³-hybridized carbons (Fsp3) is 0. The molecule has 0 aliphatic heterocycles. The van der Waals surface area contributed by atoms with E-state index in [0.29, 0.717) is 5.56 Å². The fourth-order valence-electron chi connectivity index (χ4n) is 2.94. The van der Waals surface area contributed by atoms with Crippen LogP contribution in [0.25, 0.3) is 21.5 Å².